The second-order valence-corrected chi connectivity index (χ2v) is 12.6. The van der Waals surface area contributed by atoms with E-state index in [2.05, 4.69) is 24.3 Å². The Balaban J connectivity index is 1.52. The van der Waals surface area contributed by atoms with Gasteiger partial charge in [0, 0.05) is 43.3 Å². The highest BCUT2D eigenvalue weighted by Crippen LogP contribution is 2.65. The van der Waals surface area contributed by atoms with E-state index in [0.29, 0.717) is 19.3 Å². The van der Waals surface area contributed by atoms with Gasteiger partial charge in [-0.05, 0) is 60.5 Å². The summed E-state index contributed by atoms with van der Waals surface area (Å²) in [5.41, 5.74) is 1.62. The third-order valence-electron chi connectivity index (χ3n) is 10.0. The van der Waals surface area contributed by atoms with Crippen LogP contribution in [0.25, 0.3) is 6.08 Å². The highest BCUT2D eigenvalue weighted by molar-refractivity contribution is 6.21. The molecule has 9 heteroatoms. The Kier molecular flexibility index (Phi) is 7.04. The van der Waals surface area contributed by atoms with Gasteiger partial charge >= 0.3 is 11.9 Å². The molecular weight excluding hydrogens is 508 g/mol. The molecule has 4 aliphatic carbocycles. The normalized spacial score (nSPS) is 39.2. The Labute approximate surface area is 229 Å². The minimum absolute atomic E-state index is 0.00921. The fourth-order valence-corrected chi connectivity index (χ4v) is 8.95. The molecule has 0 saturated heterocycles. The Morgan fingerprint density at radius 1 is 1.21 bits per heavy atom. The number of carbonyl (C=O) groups is 3. The number of aromatic nitrogens is 2. The van der Waals surface area contributed by atoms with Crippen molar-refractivity contribution in [3.05, 3.63) is 23.0 Å². The molecule has 5 rings (SSSR count). The third-order valence-corrected chi connectivity index (χ3v) is 10.5. The number of halogens is 1. The fraction of sp³-hybridized carbons (Fsp3) is 0.724. The van der Waals surface area contributed by atoms with E-state index < -0.39 is 42.0 Å². The summed E-state index contributed by atoms with van der Waals surface area (Å²) in [7, 11) is 1.92. The van der Waals surface area contributed by atoms with Crippen LogP contribution in [0, 0.1) is 35.0 Å². The van der Waals surface area contributed by atoms with Crippen LogP contribution < -0.4 is 0 Å². The lowest BCUT2D eigenvalue weighted by atomic mass is 9.48. The minimum Gasteiger partial charge on any atom is -0.457 e. The van der Waals surface area contributed by atoms with E-state index in [9.17, 15) is 19.5 Å². The lowest BCUT2D eigenvalue weighted by Crippen LogP contribution is -2.61. The zero-order valence-corrected chi connectivity index (χ0v) is 23.7. The van der Waals surface area contributed by atoms with Crippen molar-refractivity contribution in [2.75, 3.05) is 6.61 Å². The van der Waals surface area contributed by atoms with Gasteiger partial charge in [-0.3, -0.25) is 19.1 Å². The molecule has 4 aliphatic rings. The van der Waals surface area contributed by atoms with Crippen molar-refractivity contribution >= 4 is 35.4 Å². The molecule has 9 atom stereocenters. The molecule has 38 heavy (non-hydrogen) atoms. The quantitative estimate of drug-likeness (QED) is 0.426. The maximum atomic E-state index is 13.8. The van der Waals surface area contributed by atoms with Gasteiger partial charge in [-0.25, -0.2) is 0 Å². The van der Waals surface area contributed by atoms with Crippen LogP contribution in [0.3, 0.4) is 0 Å². The number of esters is 2. The van der Waals surface area contributed by atoms with Gasteiger partial charge in [-0.2, -0.15) is 5.10 Å². The van der Waals surface area contributed by atoms with Gasteiger partial charge < -0.3 is 14.6 Å². The summed E-state index contributed by atoms with van der Waals surface area (Å²) in [5.74, 6) is -2.21. The largest absolute Gasteiger partial charge is 0.457 e. The first-order valence-corrected chi connectivity index (χ1v) is 14.4. The molecule has 1 aromatic rings. The molecule has 0 bridgehead atoms. The van der Waals surface area contributed by atoms with Crippen LogP contribution in [0.5, 0.6) is 0 Å². The summed E-state index contributed by atoms with van der Waals surface area (Å²) in [4.78, 5) is 38.4. The van der Waals surface area contributed by atoms with Crippen molar-refractivity contribution in [1.82, 2.24) is 9.78 Å². The molecule has 3 saturated carbocycles. The fourth-order valence-electron chi connectivity index (χ4n) is 8.44. The van der Waals surface area contributed by atoms with Crippen LogP contribution >= 0.6 is 11.6 Å². The number of aryl methyl sites for hydroxylation is 1. The third kappa shape index (κ3) is 4.05. The van der Waals surface area contributed by atoms with E-state index in [1.165, 1.54) is 11.1 Å². The number of aliphatic hydroxyl groups excluding tert-OH is 1. The number of aliphatic hydroxyl groups is 1. The lowest BCUT2D eigenvalue weighted by molar-refractivity contribution is -0.188. The van der Waals surface area contributed by atoms with Gasteiger partial charge in [0.25, 0.3) is 0 Å². The molecule has 208 valence electrons. The molecule has 3 fully saturated rings. The molecule has 0 amide bonds. The summed E-state index contributed by atoms with van der Waals surface area (Å²) in [6.07, 6.45) is 6.19. The van der Waals surface area contributed by atoms with E-state index in [0.717, 1.165) is 12.1 Å². The summed E-state index contributed by atoms with van der Waals surface area (Å²) >= 11 is 7.17. The van der Waals surface area contributed by atoms with Gasteiger partial charge in [-0.15, -0.1) is 11.6 Å². The van der Waals surface area contributed by atoms with Gasteiger partial charge in [-0.1, -0.05) is 33.3 Å². The summed E-state index contributed by atoms with van der Waals surface area (Å²) < 4.78 is 13.1. The van der Waals surface area contributed by atoms with E-state index in [4.69, 9.17) is 21.1 Å². The first-order chi connectivity index (χ1) is 18.0. The average Bonchev–Trinajstić information content (AvgIpc) is 3.36. The van der Waals surface area contributed by atoms with Crippen LogP contribution in [0.4, 0.5) is 0 Å². The van der Waals surface area contributed by atoms with Crippen molar-refractivity contribution in [2.24, 2.45) is 42.1 Å². The predicted octanol–water partition coefficient (Wildman–Crippen LogP) is 3.86. The van der Waals surface area contributed by atoms with Crippen LogP contribution in [-0.4, -0.2) is 56.3 Å². The Hall–Kier alpha value is -2.19. The predicted molar refractivity (Wildman–Crippen MR) is 141 cm³/mol. The monoisotopic (exact) mass is 546 g/mol. The summed E-state index contributed by atoms with van der Waals surface area (Å²) in [6.45, 7) is 7.08. The second kappa shape index (κ2) is 9.77. The second-order valence-electron chi connectivity index (χ2n) is 12.1. The molecule has 1 unspecified atom stereocenters. The van der Waals surface area contributed by atoms with Gasteiger partial charge in [0.15, 0.2) is 12.2 Å². The Bertz CT molecular complexity index is 1180. The Morgan fingerprint density at radius 2 is 1.92 bits per heavy atom. The zero-order valence-electron chi connectivity index (χ0n) is 22.9. The van der Waals surface area contributed by atoms with Crippen LogP contribution in [0.2, 0.25) is 0 Å². The number of hydrogen-bond acceptors (Lipinski definition) is 7. The van der Waals surface area contributed by atoms with Crippen molar-refractivity contribution < 1.29 is 29.0 Å². The van der Waals surface area contributed by atoms with Crippen LogP contribution in [0.1, 0.15) is 71.1 Å². The molecule has 1 aromatic heterocycles. The van der Waals surface area contributed by atoms with Crippen LogP contribution in [0.15, 0.2) is 11.8 Å². The number of alkyl halides is 1. The maximum Gasteiger partial charge on any atom is 0.306 e. The van der Waals surface area contributed by atoms with Gasteiger partial charge in [0.2, 0.25) is 5.78 Å². The number of Topliss-reactive ketones (excluding diaryl/α,β-unsaturated/α-hetero) is 1. The number of nitrogens with zero attached hydrogens (tertiary/aromatic N) is 2. The van der Waals surface area contributed by atoms with Crippen molar-refractivity contribution in [3.8, 4) is 0 Å². The van der Waals surface area contributed by atoms with Crippen molar-refractivity contribution in [3.63, 3.8) is 0 Å². The first-order valence-electron chi connectivity index (χ1n) is 13.9. The number of ether oxygens (including phenoxy) is 2. The number of ketones is 1. The highest BCUT2D eigenvalue weighted by atomic mass is 35.5. The summed E-state index contributed by atoms with van der Waals surface area (Å²) in [6, 6.07) is 0. The Morgan fingerprint density at radius 3 is 2.61 bits per heavy atom. The SMILES string of the molecule is CCC(=O)OCC(=O)[C@@]1(OC(=O)CC)C2C[C@H](O)[C@H]3[C@@H]([C@H](Cl)CC4=Cc5nn(C)cc5C[C@@]43C)[C@@H]2C[C@H]1C. The van der Waals surface area contributed by atoms with Gasteiger partial charge in [0.05, 0.1) is 11.8 Å². The van der Waals surface area contributed by atoms with Crippen molar-refractivity contribution in [2.45, 2.75) is 83.3 Å². The molecule has 1 N–H and O–H groups in total. The number of rotatable bonds is 6. The smallest absolute Gasteiger partial charge is 0.306 e. The number of fused-ring (bicyclic) bond motifs is 6. The summed E-state index contributed by atoms with van der Waals surface area (Å²) in [5, 5.41) is 16.2. The van der Waals surface area contributed by atoms with E-state index in [-0.39, 0.29) is 47.3 Å². The van der Waals surface area contributed by atoms with Gasteiger partial charge in [0.1, 0.15) is 0 Å². The minimum atomic E-state index is -1.45. The van der Waals surface area contributed by atoms with Crippen molar-refractivity contribution in [1.29, 1.82) is 0 Å². The molecule has 0 aliphatic heterocycles. The molecule has 0 spiro atoms. The molecule has 0 radical (unpaired) electrons. The van der Waals surface area contributed by atoms with Crippen LogP contribution in [-0.2, 0) is 37.3 Å². The molecule has 1 heterocycles. The first kappa shape index (κ1) is 27.4. The lowest BCUT2D eigenvalue weighted by Gasteiger charge is -2.58. The number of carbonyl (C=O) groups excluding carboxylic acids is 3. The molecule has 0 aromatic carbocycles. The zero-order chi connectivity index (χ0) is 27.6. The topological polar surface area (TPSA) is 108 Å². The number of allylic oxidation sites excluding steroid dienone is 1. The molecule has 8 nitrogen and oxygen atoms in total. The highest BCUT2D eigenvalue weighted by Gasteiger charge is 2.68. The average molecular weight is 547 g/mol. The van der Waals surface area contributed by atoms with E-state index in [1.807, 2.05) is 18.7 Å². The number of hydrogen-bond donors (Lipinski definition) is 1. The standard InChI is InChI=1S/C29H39ClN2O6/c1-6-24(35)37-14-23(34)29(38-25(36)7-2)15(3)8-18-19(29)11-22(33)27-26(18)20(30)9-17-10-21-16(12-28(17,27)4)13-32(5)31-21/h10,13,15,18-20,22,26-27,33H,6-9,11-12,14H2,1-5H3/t15-,18-,19?,20-,22+,26-,27+,28+,29+/m1/s1. The maximum absolute atomic E-state index is 13.8. The molecular formula is C29H39ClN2O6. The van der Waals surface area contributed by atoms with E-state index >= 15 is 0 Å². The van der Waals surface area contributed by atoms with E-state index in [1.54, 1.807) is 13.8 Å².